The Morgan fingerprint density at radius 1 is 1.17 bits per heavy atom. The van der Waals surface area contributed by atoms with Crippen molar-refractivity contribution < 1.29 is 19.4 Å². The summed E-state index contributed by atoms with van der Waals surface area (Å²) >= 11 is 0. The lowest BCUT2D eigenvalue weighted by molar-refractivity contribution is 0.0696. The number of carboxylic acid groups (broad SMARTS) is 1. The molecule has 0 saturated heterocycles. The molecule has 0 unspecified atom stereocenters. The van der Waals surface area contributed by atoms with Crippen molar-refractivity contribution in [1.29, 1.82) is 0 Å². The molecule has 24 heavy (non-hydrogen) atoms. The molecular formula is C17H14FN3O3. The minimum absolute atomic E-state index is 0.0968. The highest BCUT2D eigenvalue weighted by Crippen LogP contribution is 2.31. The van der Waals surface area contributed by atoms with Crippen LogP contribution in [0.5, 0.6) is 0 Å². The van der Waals surface area contributed by atoms with Crippen molar-refractivity contribution in [3.8, 4) is 22.4 Å². The van der Waals surface area contributed by atoms with Gasteiger partial charge in [-0.25, -0.2) is 9.18 Å². The number of hydrogen-bond donors (Lipinski definition) is 2. The Hall–Kier alpha value is -3.06. The van der Waals surface area contributed by atoms with E-state index in [4.69, 9.17) is 10.2 Å². The normalized spacial score (nSPS) is 10.8. The lowest BCUT2D eigenvalue weighted by Gasteiger charge is -2.04. The number of hydrogen-bond acceptors (Lipinski definition) is 4. The van der Waals surface area contributed by atoms with E-state index >= 15 is 0 Å². The molecule has 122 valence electrons. The van der Waals surface area contributed by atoms with E-state index in [1.165, 1.54) is 16.8 Å². The summed E-state index contributed by atoms with van der Waals surface area (Å²) < 4.78 is 15.4. The van der Waals surface area contributed by atoms with Crippen molar-refractivity contribution in [1.82, 2.24) is 14.8 Å². The maximum Gasteiger partial charge on any atom is 0.335 e. The van der Waals surface area contributed by atoms with Crippen LogP contribution in [0, 0.1) is 5.82 Å². The second kappa shape index (κ2) is 6.59. The second-order valence-electron chi connectivity index (χ2n) is 5.15. The van der Waals surface area contributed by atoms with E-state index in [1.807, 2.05) is 0 Å². The lowest BCUT2D eigenvalue weighted by atomic mass is 10.0. The predicted molar refractivity (Wildman–Crippen MR) is 84.9 cm³/mol. The number of halogens is 1. The topological polar surface area (TPSA) is 88.2 Å². The van der Waals surface area contributed by atoms with E-state index in [2.05, 4.69) is 10.1 Å². The molecule has 0 amide bonds. The molecule has 0 spiro atoms. The molecule has 2 aromatic heterocycles. The van der Waals surface area contributed by atoms with Crippen LogP contribution in [0.2, 0.25) is 0 Å². The van der Waals surface area contributed by atoms with E-state index in [1.54, 1.807) is 30.7 Å². The van der Waals surface area contributed by atoms with Crippen LogP contribution in [-0.2, 0) is 6.54 Å². The Bertz CT molecular complexity index is 878. The number of aromatic nitrogens is 3. The fourth-order valence-corrected chi connectivity index (χ4v) is 2.44. The van der Waals surface area contributed by atoms with Gasteiger partial charge in [-0.05, 0) is 35.9 Å². The molecule has 3 aromatic rings. The van der Waals surface area contributed by atoms with Crippen LogP contribution in [-0.4, -0.2) is 37.6 Å². The molecule has 3 rings (SSSR count). The third-order valence-electron chi connectivity index (χ3n) is 3.50. The molecule has 0 atom stereocenters. The molecule has 0 aliphatic rings. The summed E-state index contributed by atoms with van der Waals surface area (Å²) in [5, 5.41) is 22.7. The Kier molecular flexibility index (Phi) is 4.35. The SMILES string of the molecule is O=C(O)c1cc(F)cc(-c2cn(CCO)nc2-c2ccncc2)c1. The molecule has 7 heteroatoms. The van der Waals surface area contributed by atoms with Crippen molar-refractivity contribution in [2.45, 2.75) is 6.54 Å². The first-order chi connectivity index (χ1) is 11.6. The summed E-state index contributed by atoms with van der Waals surface area (Å²) in [6.45, 7) is 0.180. The predicted octanol–water partition coefficient (Wildman–Crippen LogP) is 2.44. The van der Waals surface area contributed by atoms with Crippen LogP contribution >= 0.6 is 0 Å². The molecule has 0 fully saturated rings. The molecule has 0 aliphatic heterocycles. The molecule has 6 nitrogen and oxygen atoms in total. The van der Waals surface area contributed by atoms with Crippen LogP contribution in [0.3, 0.4) is 0 Å². The molecule has 2 N–H and O–H groups in total. The van der Waals surface area contributed by atoms with Crippen LogP contribution in [0.25, 0.3) is 22.4 Å². The minimum atomic E-state index is -1.20. The summed E-state index contributed by atoms with van der Waals surface area (Å²) in [4.78, 5) is 15.1. The van der Waals surface area contributed by atoms with Crippen molar-refractivity contribution in [3.05, 3.63) is 60.3 Å². The van der Waals surface area contributed by atoms with Crippen molar-refractivity contribution in [3.63, 3.8) is 0 Å². The van der Waals surface area contributed by atoms with Gasteiger partial charge in [0, 0.05) is 29.7 Å². The summed E-state index contributed by atoms with van der Waals surface area (Å²) in [5.41, 5.74) is 2.17. The molecule has 0 saturated carbocycles. The molecular weight excluding hydrogens is 313 g/mol. The molecule has 0 bridgehead atoms. The Balaban J connectivity index is 2.18. The summed E-state index contributed by atoms with van der Waals surface area (Å²) in [7, 11) is 0. The number of aromatic carboxylic acids is 1. The van der Waals surface area contributed by atoms with E-state index in [0.717, 1.165) is 11.6 Å². The maximum absolute atomic E-state index is 13.8. The van der Waals surface area contributed by atoms with Crippen molar-refractivity contribution in [2.24, 2.45) is 0 Å². The smallest absolute Gasteiger partial charge is 0.335 e. The first-order valence-electron chi connectivity index (χ1n) is 7.21. The zero-order valence-electron chi connectivity index (χ0n) is 12.6. The van der Waals surface area contributed by atoms with Crippen LogP contribution in [0.4, 0.5) is 4.39 Å². The first-order valence-corrected chi connectivity index (χ1v) is 7.21. The van der Waals surface area contributed by atoms with Gasteiger partial charge in [0.25, 0.3) is 0 Å². The van der Waals surface area contributed by atoms with Crippen LogP contribution < -0.4 is 0 Å². The lowest BCUT2D eigenvalue weighted by Crippen LogP contribution is -2.02. The molecule has 1 aromatic carbocycles. The van der Waals surface area contributed by atoms with Crippen LogP contribution in [0.15, 0.2) is 48.9 Å². The summed E-state index contributed by atoms with van der Waals surface area (Å²) in [5.74, 6) is -1.84. The van der Waals surface area contributed by atoms with Gasteiger partial charge in [0.15, 0.2) is 0 Å². The fourth-order valence-electron chi connectivity index (χ4n) is 2.44. The Morgan fingerprint density at radius 2 is 1.92 bits per heavy atom. The number of aliphatic hydroxyl groups excluding tert-OH is 1. The maximum atomic E-state index is 13.8. The van der Waals surface area contributed by atoms with Gasteiger partial charge < -0.3 is 10.2 Å². The second-order valence-corrected chi connectivity index (χ2v) is 5.15. The fraction of sp³-hybridized carbons (Fsp3) is 0.118. The van der Waals surface area contributed by atoms with Gasteiger partial charge in [-0.1, -0.05) is 0 Å². The molecule has 2 heterocycles. The number of carbonyl (C=O) groups is 1. The van der Waals surface area contributed by atoms with E-state index in [-0.39, 0.29) is 18.7 Å². The third kappa shape index (κ3) is 3.16. The summed E-state index contributed by atoms with van der Waals surface area (Å²) in [6, 6.07) is 7.14. The number of carboxylic acids is 1. The number of pyridine rings is 1. The monoisotopic (exact) mass is 327 g/mol. The quantitative estimate of drug-likeness (QED) is 0.751. The standard InChI is InChI=1S/C17H14FN3O3/c18-14-8-12(7-13(9-14)17(23)24)15-10-21(5-6-22)20-16(15)11-1-3-19-4-2-11/h1-4,7-10,22H,5-6H2,(H,23,24). The summed E-state index contributed by atoms with van der Waals surface area (Å²) in [6.07, 6.45) is 4.88. The van der Waals surface area contributed by atoms with E-state index in [9.17, 15) is 9.18 Å². The average Bonchev–Trinajstić information content (AvgIpc) is 2.99. The van der Waals surface area contributed by atoms with Crippen molar-refractivity contribution >= 4 is 5.97 Å². The van der Waals surface area contributed by atoms with Gasteiger partial charge in [-0.15, -0.1) is 0 Å². The number of nitrogens with zero attached hydrogens (tertiary/aromatic N) is 3. The Morgan fingerprint density at radius 3 is 2.58 bits per heavy atom. The highest BCUT2D eigenvalue weighted by molar-refractivity contribution is 5.90. The largest absolute Gasteiger partial charge is 0.478 e. The molecule has 0 aliphatic carbocycles. The number of rotatable bonds is 5. The zero-order chi connectivity index (χ0) is 17.1. The third-order valence-corrected chi connectivity index (χ3v) is 3.50. The highest BCUT2D eigenvalue weighted by Gasteiger charge is 2.16. The number of benzene rings is 1. The average molecular weight is 327 g/mol. The van der Waals surface area contributed by atoms with Gasteiger partial charge >= 0.3 is 5.97 Å². The minimum Gasteiger partial charge on any atom is -0.478 e. The van der Waals surface area contributed by atoms with Gasteiger partial charge in [0.2, 0.25) is 0 Å². The van der Waals surface area contributed by atoms with Gasteiger partial charge in [0.1, 0.15) is 11.5 Å². The van der Waals surface area contributed by atoms with E-state index < -0.39 is 11.8 Å². The number of aliphatic hydroxyl groups is 1. The van der Waals surface area contributed by atoms with E-state index in [0.29, 0.717) is 16.8 Å². The van der Waals surface area contributed by atoms with Crippen molar-refractivity contribution in [2.75, 3.05) is 6.61 Å². The highest BCUT2D eigenvalue weighted by atomic mass is 19.1. The van der Waals surface area contributed by atoms with Gasteiger partial charge in [-0.2, -0.15) is 5.10 Å². The van der Waals surface area contributed by atoms with Crippen LogP contribution in [0.1, 0.15) is 10.4 Å². The zero-order valence-corrected chi connectivity index (χ0v) is 12.6. The van der Waals surface area contributed by atoms with Gasteiger partial charge in [0.05, 0.1) is 18.7 Å². The first kappa shape index (κ1) is 15.8. The van der Waals surface area contributed by atoms with Gasteiger partial charge in [-0.3, -0.25) is 9.67 Å². The Labute approximate surface area is 136 Å². The molecule has 0 radical (unpaired) electrons.